The maximum atomic E-state index is 12.8. The van der Waals surface area contributed by atoms with Gasteiger partial charge >= 0.3 is 0 Å². The maximum Gasteiger partial charge on any atom is 0.253 e. The fraction of sp³-hybridized carbons (Fsp3) is 0.350. The van der Waals surface area contributed by atoms with Crippen LogP contribution in [0.2, 0.25) is 0 Å². The number of fused-ring (bicyclic) bond motifs is 1. The van der Waals surface area contributed by atoms with Gasteiger partial charge in [0.05, 0.1) is 0 Å². The third-order valence-electron chi connectivity index (χ3n) is 4.96. The number of hydrogen-bond acceptors (Lipinski definition) is 3. The Morgan fingerprint density at radius 1 is 1.28 bits per heavy atom. The van der Waals surface area contributed by atoms with Crippen molar-refractivity contribution in [3.05, 3.63) is 59.5 Å². The summed E-state index contributed by atoms with van der Waals surface area (Å²) in [6.45, 7) is 6.46. The van der Waals surface area contributed by atoms with Crippen LogP contribution in [0.15, 0.2) is 42.6 Å². The molecule has 1 aromatic carbocycles. The summed E-state index contributed by atoms with van der Waals surface area (Å²) in [5.74, 6) is 1.43. The first-order valence-electron chi connectivity index (χ1n) is 8.84. The minimum absolute atomic E-state index is 0.114. The van der Waals surface area contributed by atoms with Crippen LogP contribution in [-0.2, 0) is 6.54 Å². The topological polar surface area (TPSA) is 51.0 Å². The van der Waals surface area contributed by atoms with Gasteiger partial charge in [-0.05, 0) is 44.5 Å². The lowest BCUT2D eigenvalue weighted by atomic mass is 10.1. The van der Waals surface area contributed by atoms with E-state index in [0.29, 0.717) is 0 Å². The minimum Gasteiger partial charge on any atom is -0.338 e. The number of hydrogen-bond donors (Lipinski definition) is 0. The molecular weight excluding hydrogens is 312 g/mol. The monoisotopic (exact) mass is 334 g/mol. The van der Waals surface area contributed by atoms with E-state index in [4.69, 9.17) is 4.98 Å². The average Bonchev–Trinajstić information content (AvgIpc) is 3.25. The van der Waals surface area contributed by atoms with Crippen LogP contribution in [0.5, 0.6) is 0 Å². The fourth-order valence-electron chi connectivity index (χ4n) is 3.72. The second-order valence-electron chi connectivity index (χ2n) is 6.67. The molecule has 0 radical (unpaired) electrons. The van der Waals surface area contributed by atoms with E-state index in [1.54, 1.807) is 0 Å². The molecule has 1 amide bonds. The van der Waals surface area contributed by atoms with Crippen LogP contribution in [-0.4, -0.2) is 38.4 Å². The Morgan fingerprint density at radius 2 is 2.16 bits per heavy atom. The molecule has 3 aromatic rings. The van der Waals surface area contributed by atoms with Crippen LogP contribution in [0.25, 0.3) is 11.2 Å². The van der Waals surface area contributed by atoms with Crippen molar-refractivity contribution in [1.82, 2.24) is 19.4 Å². The van der Waals surface area contributed by atoms with Crippen molar-refractivity contribution >= 4 is 17.1 Å². The molecule has 0 spiro atoms. The quantitative estimate of drug-likeness (QED) is 0.738. The number of carbonyl (C=O) groups excluding carboxylic acids is 1. The van der Waals surface area contributed by atoms with Gasteiger partial charge in [0.15, 0.2) is 5.65 Å². The van der Waals surface area contributed by atoms with E-state index in [9.17, 15) is 4.79 Å². The number of aromatic nitrogens is 3. The van der Waals surface area contributed by atoms with Gasteiger partial charge in [0.2, 0.25) is 0 Å². The van der Waals surface area contributed by atoms with Crippen LogP contribution >= 0.6 is 0 Å². The van der Waals surface area contributed by atoms with Gasteiger partial charge in [-0.1, -0.05) is 17.7 Å². The highest BCUT2D eigenvalue weighted by Crippen LogP contribution is 2.29. The third-order valence-corrected chi connectivity index (χ3v) is 4.96. The molecule has 0 aliphatic carbocycles. The molecule has 5 nitrogen and oxygen atoms in total. The molecule has 1 aliphatic rings. The molecule has 3 heterocycles. The predicted molar refractivity (Wildman–Crippen MR) is 97.6 cm³/mol. The normalized spacial score (nSPS) is 17.4. The highest BCUT2D eigenvalue weighted by atomic mass is 16.2. The van der Waals surface area contributed by atoms with Crippen LogP contribution in [0.3, 0.4) is 0 Å². The van der Waals surface area contributed by atoms with Crippen LogP contribution in [0.4, 0.5) is 0 Å². The lowest BCUT2D eigenvalue weighted by Crippen LogP contribution is -2.28. The highest BCUT2D eigenvalue weighted by Gasteiger charge is 2.31. The minimum atomic E-state index is 0.114. The summed E-state index contributed by atoms with van der Waals surface area (Å²) in [5.41, 5.74) is 3.75. The zero-order chi connectivity index (χ0) is 17.4. The lowest BCUT2D eigenvalue weighted by Gasteiger charge is -2.17. The molecule has 0 bridgehead atoms. The summed E-state index contributed by atoms with van der Waals surface area (Å²) in [4.78, 5) is 24.0. The van der Waals surface area contributed by atoms with Gasteiger partial charge in [0, 0.05) is 37.3 Å². The molecule has 1 atom stereocenters. The summed E-state index contributed by atoms with van der Waals surface area (Å²) in [5, 5.41) is 0. The number of imidazole rings is 1. The highest BCUT2D eigenvalue weighted by molar-refractivity contribution is 5.94. The second-order valence-corrected chi connectivity index (χ2v) is 6.67. The first-order chi connectivity index (χ1) is 12.2. The van der Waals surface area contributed by atoms with Crippen molar-refractivity contribution in [3.8, 4) is 0 Å². The number of carbonyl (C=O) groups is 1. The Balaban J connectivity index is 1.59. The van der Waals surface area contributed by atoms with Crippen LogP contribution in [0, 0.1) is 6.92 Å². The fourth-order valence-corrected chi connectivity index (χ4v) is 3.72. The predicted octanol–water partition coefficient (Wildman–Crippen LogP) is 3.39. The molecule has 1 aliphatic heterocycles. The SMILES string of the molecule is CCn1c(C2CCN(C(=O)c3cccc(C)c3)C2)nc2cccnc21. The number of benzene rings is 1. The maximum absolute atomic E-state index is 12.8. The van der Waals surface area contributed by atoms with Gasteiger partial charge in [-0.15, -0.1) is 0 Å². The Hall–Kier alpha value is -2.69. The number of aryl methyl sites for hydroxylation is 2. The molecule has 1 saturated heterocycles. The zero-order valence-electron chi connectivity index (χ0n) is 14.6. The molecule has 1 fully saturated rings. The summed E-state index contributed by atoms with van der Waals surface area (Å²) in [7, 11) is 0. The first-order valence-corrected chi connectivity index (χ1v) is 8.84. The number of pyridine rings is 1. The standard InChI is InChI=1S/C20H22N4O/c1-3-24-18(22-17-8-5-10-21-19(17)24)16-9-11-23(13-16)20(25)15-7-4-6-14(2)12-15/h4-8,10,12,16H,3,9,11,13H2,1-2H3. The molecule has 5 heteroatoms. The van der Waals surface area contributed by atoms with E-state index < -0.39 is 0 Å². The molecule has 4 rings (SSSR count). The summed E-state index contributed by atoms with van der Waals surface area (Å²) >= 11 is 0. The van der Waals surface area contributed by atoms with E-state index in [0.717, 1.165) is 54.2 Å². The largest absolute Gasteiger partial charge is 0.338 e. The average molecular weight is 334 g/mol. The first kappa shape index (κ1) is 15.8. The van der Waals surface area contributed by atoms with Crippen molar-refractivity contribution < 1.29 is 4.79 Å². The molecule has 1 unspecified atom stereocenters. The van der Waals surface area contributed by atoms with Crippen molar-refractivity contribution in [3.63, 3.8) is 0 Å². The van der Waals surface area contributed by atoms with Gasteiger partial charge < -0.3 is 9.47 Å². The second kappa shape index (κ2) is 6.31. The zero-order valence-corrected chi connectivity index (χ0v) is 14.6. The van der Waals surface area contributed by atoms with Gasteiger partial charge in [-0.2, -0.15) is 0 Å². The van der Waals surface area contributed by atoms with Gasteiger partial charge in [-0.25, -0.2) is 9.97 Å². The van der Waals surface area contributed by atoms with Crippen molar-refractivity contribution in [2.24, 2.45) is 0 Å². The third kappa shape index (κ3) is 2.80. The van der Waals surface area contributed by atoms with E-state index in [1.807, 2.05) is 54.4 Å². The summed E-state index contributed by atoms with van der Waals surface area (Å²) in [6, 6.07) is 11.7. The lowest BCUT2D eigenvalue weighted by molar-refractivity contribution is 0.0790. The number of nitrogens with zero attached hydrogens (tertiary/aromatic N) is 4. The molecule has 25 heavy (non-hydrogen) atoms. The van der Waals surface area contributed by atoms with Crippen molar-refractivity contribution in [2.45, 2.75) is 32.7 Å². The Morgan fingerprint density at radius 3 is 2.96 bits per heavy atom. The Bertz CT molecular complexity index is 930. The molecule has 2 aromatic heterocycles. The molecule has 128 valence electrons. The Labute approximate surface area is 147 Å². The van der Waals surface area contributed by atoms with Gasteiger partial charge in [0.1, 0.15) is 11.3 Å². The van der Waals surface area contributed by atoms with E-state index in [1.165, 1.54) is 0 Å². The molecule has 0 N–H and O–H groups in total. The van der Waals surface area contributed by atoms with Crippen LogP contribution in [0.1, 0.15) is 41.0 Å². The molecular formula is C20H22N4O. The Kier molecular flexibility index (Phi) is 3.99. The van der Waals surface area contributed by atoms with Gasteiger partial charge in [-0.3, -0.25) is 4.79 Å². The summed E-state index contributed by atoms with van der Waals surface area (Å²) < 4.78 is 2.18. The molecule has 0 saturated carbocycles. The number of likely N-dealkylation sites (tertiary alicyclic amines) is 1. The number of amides is 1. The smallest absolute Gasteiger partial charge is 0.253 e. The summed E-state index contributed by atoms with van der Waals surface area (Å²) in [6.07, 6.45) is 2.75. The van der Waals surface area contributed by atoms with E-state index in [-0.39, 0.29) is 11.8 Å². The van der Waals surface area contributed by atoms with Crippen LogP contribution < -0.4 is 0 Å². The van der Waals surface area contributed by atoms with Crippen molar-refractivity contribution in [1.29, 1.82) is 0 Å². The van der Waals surface area contributed by atoms with Crippen molar-refractivity contribution in [2.75, 3.05) is 13.1 Å². The van der Waals surface area contributed by atoms with Gasteiger partial charge in [0.25, 0.3) is 5.91 Å². The van der Waals surface area contributed by atoms with E-state index >= 15 is 0 Å². The number of rotatable bonds is 3. The van der Waals surface area contributed by atoms with E-state index in [2.05, 4.69) is 16.5 Å².